The van der Waals surface area contributed by atoms with Gasteiger partial charge in [-0.05, 0) is 37.0 Å². The van der Waals surface area contributed by atoms with Gasteiger partial charge in [0.15, 0.2) is 11.5 Å². The number of nitrogens with two attached hydrogens (primary N) is 1. The lowest BCUT2D eigenvalue weighted by Crippen LogP contribution is -2.28. The molecule has 2 atom stereocenters. The van der Waals surface area contributed by atoms with Gasteiger partial charge in [0, 0.05) is 42.2 Å². The number of benzene rings is 1. The molecule has 1 heterocycles. The second-order valence-corrected chi connectivity index (χ2v) is 6.62. The summed E-state index contributed by atoms with van der Waals surface area (Å²) in [5, 5.41) is 2.94. The third kappa shape index (κ3) is 6.55. The van der Waals surface area contributed by atoms with E-state index in [0.29, 0.717) is 30.2 Å². The number of hydrogen-bond donors (Lipinski definition) is 2. The van der Waals surface area contributed by atoms with Gasteiger partial charge in [-0.2, -0.15) is 0 Å². The summed E-state index contributed by atoms with van der Waals surface area (Å²) in [6.45, 7) is 0.374. The Kier molecular flexibility index (Phi) is 10.1. The van der Waals surface area contributed by atoms with Crippen LogP contribution in [0.25, 0.3) is 0 Å². The Morgan fingerprint density at radius 2 is 2.07 bits per heavy atom. The summed E-state index contributed by atoms with van der Waals surface area (Å²) < 4.78 is 11.2. The Morgan fingerprint density at radius 3 is 2.71 bits per heavy atom. The number of anilines is 1. The highest BCUT2D eigenvalue weighted by Crippen LogP contribution is 2.32. The van der Waals surface area contributed by atoms with Gasteiger partial charge in [-0.1, -0.05) is 12.5 Å². The van der Waals surface area contributed by atoms with Crippen LogP contribution in [0.2, 0.25) is 0 Å². The number of pyridine rings is 1. The van der Waals surface area contributed by atoms with Crippen molar-refractivity contribution in [1.29, 1.82) is 0 Å². The van der Waals surface area contributed by atoms with Crippen LogP contribution < -0.4 is 20.5 Å². The monoisotopic (exact) mass is 427 g/mol. The zero-order valence-corrected chi connectivity index (χ0v) is 17.4. The maximum absolute atomic E-state index is 12.3. The standard InChI is InChI=1S/C20H25N3O3.2ClH/c1-25-18-8-7-16(23-20(24)10-15-5-2-6-17(15)21)11-19(18)26-13-14-4-3-9-22-12-14;;/h3-4,7-9,11-12,15,17H,2,5-6,10,13,21H2,1H3,(H,23,24);2*1H/t15-,17+;;/m0../s1. The van der Waals surface area contributed by atoms with Crippen LogP contribution >= 0.6 is 24.8 Å². The predicted molar refractivity (Wildman–Crippen MR) is 115 cm³/mol. The normalized spacial score (nSPS) is 17.8. The molecule has 0 unspecified atom stereocenters. The minimum absolute atomic E-state index is 0. The molecule has 3 rings (SSSR count). The Bertz CT molecular complexity index is 747. The van der Waals surface area contributed by atoms with Gasteiger partial charge in [0.2, 0.25) is 5.91 Å². The molecule has 1 aromatic heterocycles. The Morgan fingerprint density at radius 1 is 1.25 bits per heavy atom. The fourth-order valence-corrected chi connectivity index (χ4v) is 3.28. The van der Waals surface area contributed by atoms with Crippen molar-refractivity contribution >= 4 is 36.4 Å². The van der Waals surface area contributed by atoms with Gasteiger partial charge < -0.3 is 20.5 Å². The van der Waals surface area contributed by atoms with Crippen LogP contribution in [0.5, 0.6) is 11.5 Å². The number of carbonyl (C=O) groups excluding carboxylic acids is 1. The number of hydrogen-bond acceptors (Lipinski definition) is 5. The first-order chi connectivity index (χ1) is 12.7. The summed E-state index contributed by atoms with van der Waals surface area (Å²) in [5.41, 5.74) is 7.70. The molecule has 1 aliphatic carbocycles. The lowest BCUT2D eigenvalue weighted by Gasteiger charge is -2.16. The van der Waals surface area contributed by atoms with Crippen molar-refractivity contribution in [3.05, 3.63) is 48.3 Å². The zero-order valence-electron chi connectivity index (χ0n) is 15.8. The molecule has 6 nitrogen and oxygen atoms in total. The van der Waals surface area contributed by atoms with Gasteiger partial charge in [0.25, 0.3) is 0 Å². The molecular weight excluding hydrogens is 401 g/mol. The summed E-state index contributed by atoms with van der Waals surface area (Å²) in [6, 6.07) is 9.31. The number of aromatic nitrogens is 1. The van der Waals surface area contributed by atoms with Gasteiger partial charge in [0.1, 0.15) is 6.61 Å². The largest absolute Gasteiger partial charge is 0.493 e. The molecule has 2 aromatic rings. The third-order valence-corrected chi connectivity index (χ3v) is 4.73. The molecule has 1 fully saturated rings. The van der Waals surface area contributed by atoms with E-state index < -0.39 is 0 Å². The van der Waals surface area contributed by atoms with Crippen molar-refractivity contribution in [1.82, 2.24) is 4.98 Å². The Hall–Kier alpha value is -2.02. The van der Waals surface area contributed by atoms with E-state index in [0.717, 1.165) is 24.8 Å². The van der Waals surface area contributed by atoms with Gasteiger partial charge in [-0.15, -0.1) is 24.8 Å². The number of halogens is 2. The van der Waals surface area contributed by atoms with Crippen LogP contribution in [0, 0.1) is 5.92 Å². The van der Waals surface area contributed by atoms with E-state index in [2.05, 4.69) is 10.3 Å². The highest BCUT2D eigenvalue weighted by Gasteiger charge is 2.26. The van der Waals surface area contributed by atoms with Crippen molar-refractivity contribution in [3.63, 3.8) is 0 Å². The minimum Gasteiger partial charge on any atom is -0.493 e. The number of methoxy groups -OCH3 is 1. The van der Waals surface area contributed by atoms with Crippen LogP contribution in [0.3, 0.4) is 0 Å². The van der Waals surface area contributed by atoms with Crippen molar-refractivity contribution < 1.29 is 14.3 Å². The maximum atomic E-state index is 12.3. The van der Waals surface area contributed by atoms with E-state index in [1.165, 1.54) is 0 Å². The van der Waals surface area contributed by atoms with Crippen molar-refractivity contribution in [2.24, 2.45) is 11.7 Å². The summed E-state index contributed by atoms with van der Waals surface area (Å²) in [4.78, 5) is 16.4. The van der Waals surface area contributed by atoms with E-state index in [1.54, 1.807) is 31.6 Å². The van der Waals surface area contributed by atoms with E-state index in [9.17, 15) is 4.79 Å². The summed E-state index contributed by atoms with van der Waals surface area (Å²) in [5.74, 6) is 1.45. The fraction of sp³-hybridized carbons (Fsp3) is 0.400. The minimum atomic E-state index is -0.0178. The summed E-state index contributed by atoms with van der Waals surface area (Å²) >= 11 is 0. The van der Waals surface area contributed by atoms with Gasteiger partial charge in [0.05, 0.1) is 7.11 Å². The number of carbonyl (C=O) groups is 1. The molecule has 0 saturated heterocycles. The molecule has 154 valence electrons. The zero-order chi connectivity index (χ0) is 18.4. The SMILES string of the molecule is COc1ccc(NC(=O)C[C@@H]2CCC[C@H]2N)cc1OCc1cccnc1.Cl.Cl. The number of rotatable bonds is 7. The van der Waals surface area contributed by atoms with Gasteiger partial charge >= 0.3 is 0 Å². The van der Waals surface area contributed by atoms with Crippen LogP contribution in [0.4, 0.5) is 5.69 Å². The first-order valence-electron chi connectivity index (χ1n) is 8.91. The number of ether oxygens (including phenoxy) is 2. The molecular formula is C20H27Cl2N3O3. The average Bonchev–Trinajstić information content (AvgIpc) is 3.05. The van der Waals surface area contributed by atoms with Crippen molar-refractivity contribution in [2.45, 2.75) is 38.3 Å². The number of nitrogens with zero attached hydrogens (tertiary/aromatic N) is 1. The van der Waals surface area contributed by atoms with Gasteiger partial charge in [-0.25, -0.2) is 0 Å². The molecule has 0 spiro atoms. The van der Waals surface area contributed by atoms with Crippen LogP contribution in [-0.4, -0.2) is 24.0 Å². The number of amides is 1. The predicted octanol–water partition coefficient (Wildman–Crippen LogP) is 3.97. The molecule has 3 N–H and O–H groups in total. The molecule has 1 amide bonds. The highest BCUT2D eigenvalue weighted by atomic mass is 35.5. The molecule has 0 radical (unpaired) electrons. The van der Waals surface area contributed by atoms with Crippen molar-refractivity contribution in [3.8, 4) is 11.5 Å². The van der Waals surface area contributed by atoms with Crippen molar-refractivity contribution in [2.75, 3.05) is 12.4 Å². The van der Waals surface area contributed by atoms with Crippen LogP contribution in [0.15, 0.2) is 42.7 Å². The quantitative estimate of drug-likeness (QED) is 0.697. The maximum Gasteiger partial charge on any atom is 0.224 e. The molecule has 1 aliphatic rings. The Labute approximate surface area is 178 Å². The fourth-order valence-electron chi connectivity index (χ4n) is 3.28. The lowest BCUT2D eigenvalue weighted by atomic mass is 10.00. The molecule has 1 aromatic carbocycles. The topological polar surface area (TPSA) is 86.5 Å². The van der Waals surface area contributed by atoms with E-state index in [4.69, 9.17) is 15.2 Å². The second kappa shape index (κ2) is 11.7. The van der Waals surface area contributed by atoms with Gasteiger partial charge in [-0.3, -0.25) is 9.78 Å². The summed E-state index contributed by atoms with van der Waals surface area (Å²) in [6.07, 6.45) is 7.07. The molecule has 0 bridgehead atoms. The summed E-state index contributed by atoms with van der Waals surface area (Å²) in [7, 11) is 1.59. The highest BCUT2D eigenvalue weighted by molar-refractivity contribution is 5.91. The molecule has 0 aliphatic heterocycles. The second-order valence-electron chi connectivity index (χ2n) is 6.62. The molecule has 8 heteroatoms. The third-order valence-electron chi connectivity index (χ3n) is 4.73. The molecule has 1 saturated carbocycles. The smallest absolute Gasteiger partial charge is 0.224 e. The average molecular weight is 428 g/mol. The van der Waals surface area contributed by atoms with Crippen LogP contribution in [-0.2, 0) is 11.4 Å². The Balaban J connectivity index is 0.00000196. The van der Waals surface area contributed by atoms with E-state index in [-0.39, 0.29) is 42.7 Å². The first-order valence-corrected chi connectivity index (χ1v) is 8.91. The lowest BCUT2D eigenvalue weighted by molar-refractivity contribution is -0.117. The van der Waals surface area contributed by atoms with E-state index >= 15 is 0 Å². The molecule has 28 heavy (non-hydrogen) atoms. The van der Waals surface area contributed by atoms with Crippen LogP contribution in [0.1, 0.15) is 31.2 Å². The first kappa shape index (κ1) is 24.0. The number of nitrogens with one attached hydrogen (secondary N) is 1. The van der Waals surface area contributed by atoms with E-state index in [1.807, 2.05) is 18.2 Å².